The summed E-state index contributed by atoms with van der Waals surface area (Å²) in [6.45, 7) is 5.99. The van der Waals surface area contributed by atoms with Gasteiger partial charge in [-0.25, -0.2) is 18.1 Å². The van der Waals surface area contributed by atoms with E-state index in [9.17, 15) is 13.2 Å². The van der Waals surface area contributed by atoms with Gasteiger partial charge in [-0.15, -0.1) is 0 Å². The maximum atomic E-state index is 13.5. The minimum atomic E-state index is -3.87. The molecule has 0 amide bonds. The zero-order chi connectivity index (χ0) is 24.5. The van der Waals surface area contributed by atoms with Crippen molar-refractivity contribution < 1.29 is 13.2 Å². The number of aryl methyl sites for hydroxylation is 2. The van der Waals surface area contributed by atoms with Crippen molar-refractivity contribution in [1.82, 2.24) is 14.3 Å². The van der Waals surface area contributed by atoms with Gasteiger partial charge in [-0.3, -0.25) is 9.36 Å². The van der Waals surface area contributed by atoms with Crippen molar-refractivity contribution >= 4 is 20.9 Å². The summed E-state index contributed by atoms with van der Waals surface area (Å²) in [6, 6.07) is 18.6. The van der Waals surface area contributed by atoms with Gasteiger partial charge in [0.05, 0.1) is 34.1 Å². The number of sulfonamides is 1. The predicted molar refractivity (Wildman–Crippen MR) is 133 cm³/mol. The molecule has 0 radical (unpaired) electrons. The van der Waals surface area contributed by atoms with Crippen LogP contribution in [0.2, 0.25) is 0 Å². The maximum absolute atomic E-state index is 13.5. The Labute approximate surface area is 199 Å². The van der Waals surface area contributed by atoms with E-state index in [0.29, 0.717) is 29.0 Å². The number of fused-ring (bicyclic) bond motifs is 1. The van der Waals surface area contributed by atoms with E-state index in [0.717, 1.165) is 16.7 Å². The van der Waals surface area contributed by atoms with E-state index in [1.54, 1.807) is 50.4 Å². The highest BCUT2D eigenvalue weighted by Crippen LogP contribution is 2.22. The summed E-state index contributed by atoms with van der Waals surface area (Å²) in [5.41, 5.74) is 3.76. The molecular weight excluding hydrogens is 450 g/mol. The van der Waals surface area contributed by atoms with Gasteiger partial charge >= 0.3 is 0 Å². The first kappa shape index (κ1) is 23.8. The highest BCUT2D eigenvalue weighted by atomic mass is 32.2. The third kappa shape index (κ3) is 4.79. The van der Waals surface area contributed by atoms with Crippen molar-refractivity contribution in [2.24, 2.45) is 0 Å². The fourth-order valence-electron chi connectivity index (χ4n) is 4.05. The monoisotopic (exact) mass is 477 g/mol. The van der Waals surface area contributed by atoms with Gasteiger partial charge in [0.15, 0.2) is 0 Å². The first-order valence-electron chi connectivity index (χ1n) is 10.9. The molecule has 176 valence electrons. The molecule has 7 nitrogen and oxygen atoms in total. The Morgan fingerprint density at radius 2 is 1.65 bits per heavy atom. The molecule has 1 atom stereocenters. The maximum Gasteiger partial charge on any atom is 0.266 e. The molecule has 1 aromatic heterocycles. The molecule has 34 heavy (non-hydrogen) atoms. The van der Waals surface area contributed by atoms with E-state index >= 15 is 0 Å². The average molecular weight is 478 g/mol. The quantitative estimate of drug-likeness (QED) is 0.431. The minimum absolute atomic E-state index is 0.125. The Hall–Kier alpha value is -3.33. The number of hydrogen-bond acceptors (Lipinski definition) is 5. The molecular formula is C26H27N3O4S. The van der Waals surface area contributed by atoms with Crippen molar-refractivity contribution in [3.63, 3.8) is 0 Å². The Morgan fingerprint density at radius 3 is 2.29 bits per heavy atom. The molecule has 0 aliphatic rings. The van der Waals surface area contributed by atoms with Crippen molar-refractivity contribution in [1.29, 1.82) is 0 Å². The Balaban J connectivity index is 1.82. The molecule has 4 rings (SSSR count). The van der Waals surface area contributed by atoms with Crippen LogP contribution in [0.1, 0.15) is 35.5 Å². The molecule has 4 aromatic rings. The van der Waals surface area contributed by atoms with Gasteiger partial charge in [0.25, 0.3) is 5.56 Å². The summed E-state index contributed by atoms with van der Waals surface area (Å²) in [5, 5.41) is 0.467. The van der Waals surface area contributed by atoms with Gasteiger partial charge < -0.3 is 4.74 Å². The number of methoxy groups -OCH3 is 1. The number of hydrogen-bond donors (Lipinski definition) is 1. The van der Waals surface area contributed by atoms with Gasteiger partial charge in [-0.05, 0) is 73.9 Å². The van der Waals surface area contributed by atoms with Crippen LogP contribution in [0.4, 0.5) is 0 Å². The van der Waals surface area contributed by atoms with E-state index in [-0.39, 0.29) is 10.5 Å². The molecule has 0 bridgehead atoms. The second kappa shape index (κ2) is 9.50. The summed E-state index contributed by atoms with van der Waals surface area (Å²) >= 11 is 0. The van der Waals surface area contributed by atoms with E-state index in [2.05, 4.69) is 4.72 Å². The second-order valence-corrected chi connectivity index (χ2v) is 10.1. The number of nitrogens with one attached hydrogen (secondary N) is 1. The molecule has 0 saturated heterocycles. The van der Waals surface area contributed by atoms with E-state index < -0.39 is 16.1 Å². The highest BCUT2D eigenvalue weighted by molar-refractivity contribution is 7.89. The van der Waals surface area contributed by atoms with Gasteiger partial charge in [0.2, 0.25) is 10.0 Å². The summed E-state index contributed by atoms with van der Waals surface area (Å²) in [6.07, 6.45) is 0. The van der Waals surface area contributed by atoms with Crippen molar-refractivity contribution in [2.75, 3.05) is 7.11 Å². The number of benzene rings is 3. The lowest BCUT2D eigenvalue weighted by molar-refractivity contribution is 0.185. The van der Waals surface area contributed by atoms with Crippen LogP contribution in [0.5, 0.6) is 0 Å². The first-order chi connectivity index (χ1) is 16.2. The lowest BCUT2D eigenvalue weighted by atomic mass is 10.1. The highest BCUT2D eigenvalue weighted by Gasteiger charge is 2.24. The number of rotatable bonds is 7. The molecule has 0 aliphatic carbocycles. The average Bonchev–Trinajstić information content (AvgIpc) is 2.78. The fourth-order valence-corrected chi connectivity index (χ4v) is 5.26. The molecule has 0 spiro atoms. The first-order valence-corrected chi connectivity index (χ1v) is 12.4. The normalized spacial score (nSPS) is 12.7. The van der Waals surface area contributed by atoms with Crippen LogP contribution in [-0.4, -0.2) is 25.1 Å². The number of para-hydroxylation sites is 1. The molecule has 0 aliphatic heterocycles. The Bertz CT molecular complexity index is 1490. The predicted octanol–water partition coefficient (Wildman–Crippen LogP) is 4.19. The Morgan fingerprint density at radius 1 is 1.00 bits per heavy atom. The molecule has 8 heteroatoms. The zero-order valence-corrected chi connectivity index (χ0v) is 20.4. The summed E-state index contributed by atoms with van der Waals surface area (Å²) in [7, 11) is -2.28. The van der Waals surface area contributed by atoms with Gasteiger partial charge in [0.1, 0.15) is 5.82 Å². The van der Waals surface area contributed by atoms with Crippen LogP contribution in [-0.2, 0) is 21.4 Å². The second-order valence-electron chi connectivity index (χ2n) is 8.39. The van der Waals surface area contributed by atoms with Crippen LogP contribution in [0.25, 0.3) is 16.6 Å². The Kier molecular flexibility index (Phi) is 6.65. The van der Waals surface area contributed by atoms with Crippen LogP contribution in [0, 0.1) is 13.8 Å². The molecule has 0 fully saturated rings. The van der Waals surface area contributed by atoms with Crippen LogP contribution < -0.4 is 10.3 Å². The van der Waals surface area contributed by atoms with Crippen LogP contribution in [0.3, 0.4) is 0 Å². The van der Waals surface area contributed by atoms with Crippen molar-refractivity contribution in [2.45, 2.75) is 38.3 Å². The SMILES string of the molecule is COCc1ccc(S(=O)(=O)NC(C)c2nc3ccccc3c(=O)n2-c2cc(C)cc(C)c2)cc1. The standard InChI is InChI=1S/C26H27N3O4S/c1-17-13-18(2)15-21(14-17)29-25(27-24-8-6-5-7-23(24)26(29)30)19(3)28-34(31,32)22-11-9-20(10-12-22)16-33-4/h5-15,19,28H,16H2,1-4H3. The number of ether oxygens (including phenoxy) is 1. The number of aromatic nitrogens is 2. The van der Waals surface area contributed by atoms with E-state index in [4.69, 9.17) is 9.72 Å². The van der Waals surface area contributed by atoms with Gasteiger partial charge in [0, 0.05) is 7.11 Å². The molecule has 0 saturated carbocycles. The molecule has 1 heterocycles. The van der Waals surface area contributed by atoms with Crippen molar-refractivity contribution in [3.05, 3.63) is 99.6 Å². The molecule has 3 aromatic carbocycles. The molecule has 1 unspecified atom stereocenters. The summed E-state index contributed by atoms with van der Waals surface area (Å²) in [5.74, 6) is 0.313. The third-order valence-corrected chi connectivity index (χ3v) is 7.09. The summed E-state index contributed by atoms with van der Waals surface area (Å²) < 4.78 is 35.5. The van der Waals surface area contributed by atoms with E-state index in [1.165, 1.54) is 16.7 Å². The smallest absolute Gasteiger partial charge is 0.266 e. The van der Waals surface area contributed by atoms with Crippen LogP contribution in [0.15, 0.2) is 76.4 Å². The zero-order valence-electron chi connectivity index (χ0n) is 19.6. The minimum Gasteiger partial charge on any atom is -0.380 e. The third-order valence-electron chi connectivity index (χ3n) is 5.53. The van der Waals surface area contributed by atoms with Crippen LogP contribution >= 0.6 is 0 Å². The lowest BCUT2D eigenvalue weighted by Crippen LogP contribution is -2.33. The lowest BCUT2D eigenvalue weighted by Gasteiger charge is -2.20. The van der Waals surface area contributed by atoms with Gasteiger partial charge in [-0.1, -0.05) is 30.3 Å². The number of nitrogens with zero attached hydrogens (tertiary/aromatic N) is 2. The molecule has 1 N–H and O–H groups in total. The largest absolute Gasteiger partial charge is 0.380 e. The summed E-state index contributed by atoms with van der Waals surface area (Å²) in [4.78, 5) is 18.4. The van der Waals surface area contributed by atoms with E-state index in [1.807, 2.05) is 32.0 Å². The topological polar surface area (TPSA) is 90.3 Å². The van der Waals surface area contributed by atoms with Gasteiger partial charge in [-0.2, -0.15) is 0 Å². The van der Waals surface area contributed by atoms with Crippen molar-refractivity contribution in [3.8, 4) is 5.69 Å². The fraction of sp³-hybridized carbons (Fsp3) is 0.231.